The SMILES string of the molecule is C[C@@H](C(=O)O[C@H]1CCC2C3CCc4cc(O[Si](C)(C)C(C)(C)C)ccc4C3CC[C@@]21C)N(C)C(=O)c1ccc(S(N)(=O)=O)cc1. The first-order chi connectivity index (χ1) is 20.8. The van der Waals surface area contributed by atoms with Gasteiger partial charge in [-0.1, -0.05) is 33.8 Å². The molecule has 45 heavy (non-hydrogen) atoms. The Morgan fingerprint density at radius 1 is 1.04 bits per heavy atom. The second kappa shape index (κ2) is 11.8. The standard InChI is InChI=1S/C35H50N2O6SSi/c1-22(37(6)32(38)23-9-13-26(14-10-23)44(36,40)41)33(39)42-31-18-17-30-29-15-11-24-21-25(43-45(7,8)34(2,3)4)12-16-27(24)28(29)19-20-35(30,31)5/h9-10,12-14,16,21-22,28-31H,11,15,17-20H2,1-8H3,(H2,36,40,41)/t22-,28?,29?,30?,31-,35-/m0/s1. The Bertz CT molecular complexity index is 1570. The zero-order valence-corrected chi connectivity index (χ0v) is 29.9. The number of primary sulfonamides is 1. The molecule has 0 heterocycles. The van der Waals surface area contributed by atoms with Crippen LogP contribution in [0.3, 0.4) is 0 Å². The molecule has 3 aliphatic rings. The molecule has 0 spiro atoms. The van der Waals surface area contributed by atoms with Gasteiger partial charge in [0.15, 0.2) is 0 Å². The van der Waals surface area contributed by atoms with E-state index in [0.717, 1.165) is 44.3 Å². The van der Waals surface area contributed by atoms with Gasteiger partial charge in [-0.05, 0) is 129 Å². The maximum absolute atomic E-state index is 13.4. The number of nitrogens with zero attached hydrogens (tertiary/aromatic N) is 1. The summed E-state index contributed by atoms with van der Waals surface area (Å²) in [7, 11) is -4.21. The van der Waals surface area contributed by atoms with Crippen LogP contribution in [0.2, 0.25) is 18.1 Å². The normalized spacial score (nSPS) is 27.0. The van der Waals surface area contributed by atoms with Crippen LogP contribution in [-0.2, 0) is 26.0 Å². The molecule has 2 aromatic carbocycles. The number of sulfonamides is 1. The molecule has 2 aromatic rings. The first-order valence-corrected chi connectivity index (χ1v) is 20.7. The molecule has 10 heteroatoms. The highest BCUT2D eigenvalue weighted by Gasteiger charge is 2.56. The van der Waals surface area contributed by atoms with Gasteiger partial charge < -0.3 is 14.1 Å². The summed E-state index contributed by atoms with van der Waals surface area (Å²) < 4.78 is 36.0. The summed E-state index contributed by atoms with van der Waals surface area (Å²) in [6.45, 7) is 15.4. The maximum atomic E-state index is 13.4. The second-order valence-corrected chi connectivity index (χ2v) is 21.6. The van der Waals surface area contributed by atoms with Gasteiger partial charge in [0.25, 0.3) is 5.91 Å². The van der Waals surface area contributed by atoms with Crippen LogP contribution in [0.5, 0.6) is 5.75 Å². The monoisotopic (exact) mass is 654 g/mol. The third-order valence-electron chi connectivity index (χ3n) is 11.7. The predicted octanol–water partition coefficient (Wildman–Crippen LogP) is 6.65. The summed E-state index contributed by atoms with van der Waals surface area (Å²) >= 11 is 0. The Balaban J connectivity index is 1.24. The van der Waals surface area contributed by atoms with E-state index in [1.165, 1.54) is 40.3 Å². The number of nitrogens with two attached hydrogens (primary N) is 1. The number of rotatable bonds is 7. The summed E-state index contributed by atoms with van der Waals surface area (Å²) in [6, 6.07) is 11.4. The second-order valence-electron chi connectivity index (χ2n) is 15.3. The fourth-order valence-corrected chi connectivity index (χ4v) is 9.32. The molecule has 0 aromatic heterocycles. The zero-order valence-electron chi connectivity index (χ0n) is 28.1. The summed E-state index contributed by atoms with van der Waals surface area (Å²) in [4.78, 5) is 27.8. The van der Waals surface area contributed by atoms with Crippen LogP contribution < -0.4 is 9.56 Å². The number of carbonyl (C=O) groups is 2. The Labute approximate surface area is 270 Å². The number of ether oxygens (including phenoxy) is 1. The number of hydrogen-bond donors (Lipinski definition) is 1. The first kappa shape index (κ1) is 33.7. The largest absolute Gasteiger partial charge is 0.543 e. The van der Waals surface area contributed by atoms with Gasteiger partial charge in [-0.15, -0.1) is 0 Å². The van der Waals surface area contributed by atoms with Crippen molar-refractivity contribution in [3.05, 3.63) is 59.2 Å². The lowest BCUT2D eigenvalue weighted by Gasteiger charge is -2.50. The van der Waals surface area contributed by atoms with Gasteiger partial charge in [0, 0.05) is 18.0 Å². The number of esters is 1. The molecule has 6 atom stereocenters. The molecule has 0 bridgehead atoms. The van der Waals surface area contributed by atoms with Crippen LogP contribution in [0.25, 0.3) is 0 Å². The van der Waals surface area contributed by atoms with E-state index in [1.54, 1.807) is 14.0 Å². The van der Waals surface area contributed by atoms with Crippen LogP contribution in [0.4, 0.5) is 0 Å². The Morgan fingerprint density at radius 3 is 2.33 bits per heavy atom. The van der Waals surface area contributed by atoms with Crippen LogP contribution in [0.1, 0.15) is 94.1 Å². The van der Waals surface area contributed by atoms with Crippen molar-refractivity contribution >= 4 is 30.2 Å². The molecule has 0 aliphatic heterocycles. The van der Waals surface area contributed by atoms with Crippen molar-refractivity contribution < 1.29 is 27.2 Å². The summed E-state index contributed by atoms with van der Waals surface area (Å²) in [6.07, 6.45) is 5.95. The molecule has 3 unspecified atom stereocenters. The van der Waals surface area contributed by atoms with E-state index in [1.807, 2.05) is 0 Å². The van der Waals surface area contributed by atoms with E-state index in [-0.39, 0.29) is 27.0 Å². The predicted molar refractivity (Wildman–Crippen MR) is 178 cm³/mol. The highest BCUT2D eigenvalue weighted by atomic mass is 32.2. The number of amides is 1. The van der Waals surface area contributed by atoms with Crippen LogP contribution >= 0.6 is 0 Å². The minimum Gasteiger partial charge on any atom is -0.543 e. The summed E-state index contributed by atoms with van der Waals surface area (Å²) in [5.74, 6) is 1.77. The van der Waals surface area contributed by atoms with Crippen molar-refractivity contribution in [1.82, 2.24) is 4.90 Å². The molecule has 0 radical (unpaired) electrons. The minimum absolute atomic E-state index is 0.0743. The zero-order chi connectivity index (χ0) is 33.1. The number of hydrogen-bond acceptors (Lipinski definition) is 6. The number of carbonyl (C=O) groups excluding carboxylic acids is 2. The van der Waals surface area contributed by atoms with E-state index in [9.17, 15) is 18.0 Å². The Kier molecular flexibility index (Phi) is 8.85. The minimum atomic E-state index is -3.86. The highest BCUT2D eigenvalue weighted by molar-refractivity contribution is 7.89. The van der Waals surface area contributed by atoms with Crippen molar-refractivity contribution in [3.8, 4) is 5.75 Å². The van der Waals surface area contributed by atoms with Crippen molar-refractivity contribution in [2.75, 3.05) is 7.05 Å². The third kappa shape index (κ3) is 6.34. The molecule has 3 aliphatic carbocycles. The lowest BCUT2D eigenvalue weighted by atomic mass is 9.55. The smallest absolute Gasteiger partial charge is 0.328 e. The third-order valence-corrected chi connectivity index (χ3v) is 17.0. The van der Waals surface area contributed by atoms with Crippen molar-refractivity contribution in [3.63, 3.8) is 0 Å². The number of fused-ring (bicyclic) bond motifs is 5. The van der Waals surface area contributed by atoms with Gasteiger partial charge in [-0.2, -0.15) is 0 Å². The van der Waals surface area contributed by atoms with E-state index >= 15 is 0 Å². The van der Waals surface area contributed by atoms with Crippen LogP contribution in [-0.4, -0.2) is 52.7 Å². The van der Waals surface area contributed by atoms with Crippen molar-refractivity contribution in [2.24, 2.45) is 22.4 Å². The lowest BCUT2D eigenvalue weighted by Crippen LogP contribution is -2.47. The van der Waals surface area contributed by atoms with E-state index in [0.29, 0.717) is 17.8 Å². The molecular weight excluding hydrogens is 605 g/mol. The van der Waals surface area contributed by atoms with Crippen molar-refractivity contribution in [1.29, 1.82) is 0 Å². The molecule has 5 rings (SSSR count). The highest BCUT2D eigenvalue weighted by Crippen LogP contribution is 2.61. The molecule has 0 saturated heterocycles. The van der Waals surface area contributed by atoms with Crippen LogP contribution in [0, 0.1) is 17.3 Å². The first-order valence-electron chi connectivity index (χ1n) is 16.3. The fourth-order valence-electron chi connectivity index (χ4n) is 7.78. The maximum Gasteiger partial charge on any atom is 0.328 e. The number of benzene rings is 2. The Hall–Kier alpha value is -2.69. The van der Waals surface area contributed by atoms with Crippen LogP contribution in [0.15, 0.2) is 47.4 Å². The van der Waals surface area contributed by atoms with Gasteiger partial charge in [-0.25, -0.2) is 18.4 Å². The fraction of sp³-hybridized carbons (Fsp3) is 0.600. The topological polar surface area (TPSA) is 116 Å². The molecule has 8 nitrogen and oxygen atoms in total. The summed E-state index contributed by atoms with van der Waals surface area (Å²) in [5, 5.41) is 5.32. The van der Waals surface area contributed by atoms with Gasteiger partial charge in [-0.3, -0.25) is 4.79 Å². The Morgan fingerprint density at radius 2 is 1.71 bits per heavy atom. The molecule has 2 N–H and O–H groups in total. The number of aryl methyl sites for hydroxylation is 1. The number of likely N-dealkylation sites (N-methyl/N-ethyl adjacent to an activating group) is 1. The average Bonchev–Trinajstić information content (AvgIpc) is 3.30. The van der Waals surface area contributed by atoms with Crippen molar-refractivity contribution in [2.45, 2.75) is 114 Å². The lowest BCUT2D eigenvalue weighted by molar-refractivity contribution is -0.162. The molecular formula is C35H50N2O6SSi. The van der Waals surface area contributed by atoms with E-state index < -0.39 is 36.3 Å². The molecule has 2 fully saturated rings. The molecule has 246 valence electrons. The van der Waals surface area contributed by atoms with E-state index in [4.69, 9.17) is 14.3 Å². The van der Waals surface area contributed by atoms with Gasteiger partial charge in [0.1, 0.15) is 17.9 Å². The average molecular weight is 655 g/mol. The van der Waals surface area contributed by atoms with E-state index in [2.05, 4.69) is 59.0 Å². The quantitative estimate of drug-likeness (QED) is 0.264. The van der Waals surface area contributed by atoms with Gasteiger partial charge >= 0.3 is 5.97 Å². The van der Waals surface area contributed by atoms with Gasteiger partial charge in [0.05, 0.1) is 4.90 Å². The molecule has 1 amide bonds. The summed E-state index contributed by atoms with van der Waals surface area (Å²) in [5.41, 5.74) is 3.08. The van der Waals surface area contributed by atoms with Gasteiger partial charge in [0.2, 0.25) is 18.3 Å². The molecule has 2 saturated carbocycles.